The molecule has 0 heterocycles. The van der Waals surface area contributed by atoms with Crippen LogP contribution < -0.4 is 5.73 Å². The number of nitrogens with two attached hydrogens (primary N) is 1. The maximum absolute atomic E-state index is 12.2. The molecular formula is C7H10F4N2O3. The van der Waals surface area contributed by atoms with Crippen LogP contribution in [0, 0.1) is 0 Å². The van der Waals surface area contributed by atoms with E-state index in [-0.39, 0.29) is 0 Å². The van der Waals surface area contributed by atoms with Gasteiger partial charge in [0.2, 0.25) is 5.91 Å². The molecule has 0 saturated heterocycles. The third kappa shape index (κ3) is 4.43. The quantitative estimate of drug-likeness (QED) is 0.504. The molecule has 5 nitrogen and oxygen atoms in total. The number of carboxylic acid groups (broad SMARTS) is 1. The number of nitrogens with zero attached hydrogens (tertiary/aromatic N) is 1. The molecule has 0 aromatic carbocycles. The predicted octanol–water partition coefficient (Wildman–Crippen LogP) is 0.452. The van der Waals surface area contributed by atoms with Crippen LogP contribution in [0.3, 0.4) is 0 Å². The molecule has 0 aromatic heterocycles. The maximum Gasteiger partial charge on any atom is 0.321 e. The average Bonchev–Trinajstić information content (AvgIpc) is 2.09. The van der Waals surface area contributed by atoms with Crippen molar-refractivity contribution in [2.45, 2.75) is 32.0 Å². The fourth-order valence-corrected chi connectivity index (χ4v) is 1.04. The molecule has 94 valence electrons. The van der Waals surface area contributed by atoms with Crippen molar-refractivity contribution < 1.29 is 32.3 Å². The lowest BCUT2D eigenvalue weighted by Gasteiger charge is -2.26. The second-order valence-electron chi connectivity index (χ2n) is 2.86. The number of aliphatic carboxylic acids is 1. The number of carbonyl (C=O) groups is 2. The molecule has 1 atom stereocenters. The molecular weight excluding hydrogens is 236 g/mol. The van der Waals surface area contributed by atoms with Crippen molar-refractivity contribution in [3.05, 3.63) is 0 Å². The third-order valence-corrected chi connectivity index (χ3v) is 1.76. The zero-order valence-corrected chi connectivity index (χ0v) is 7.95. The van der Waals surface area contributed by atoms with E-state index in [4.69, 9.17) is 5.11 Å². The summed E-state index contributed by atoms with van der Waals surface area (Å²) in [6, 6.07) is -2.15. The van der Waals surface area contributed by atoms with Crippen LogP contribution in [0.4, 0.5) is 17.6 Å². The molecule has 0 saturated carbocycles. The number of hydrogen-bond acceptors (Lipinski definition) is 3. The minimum atomic E-state index is -3.63. The highest BCUT2D eigenvalue weighted by Gasteiger charge is 2.37. The van der Waals surface area contributed by atoms with Crippen LogP contribution in [0.5, 0.6) is 0 Å². The monoisotopic (exact) mass is 246 g/mol. The molecule has 3 N–H and O–H groups in total. The summed E-state index contributed by atoms with van der Waals surface area (Å²) in [5, 5.41) is 8.49. The Morgan fingerprint density at radius 2 is 1.62 bits per heavy atom. The van der Waals surface area contributed by atoms with Gasteiger partial charge >= 0.3 is 5.97 Å². The van der Waals surface area contributed by atoms with Crippen LogP contribution in [0.2, 0.25) is 0 Å². The topological polar surface area (TPSA) is 83.6 Å². The molecule has 16 heavy (non-hydrogen) atoms. The first-order valence-corrected chi connectivity index (χ1v) is 4.12. The number of carboxylic acids is 1. The van der Waals surface area contributed by atoms with Crippen LogP contribution >= 0.6 is 0 Å². The standard InChI is InChI=1S/C7H10F4N2O3/c8-6(9)13(7(10)11)3(5(15)16)1-2-4(12)14/h3,6-7H,1-2H2,(H2,12,14)(H,15,16)/t3-/m0/s1. The number of halogens is 4. The van der Waals surface area contributed by atoms with Gasteiger partial charge in [0.25, 0.3) is 13.1 Å². The fraction of sp³-hybridized carbons (Fsp3) is 0.714. The first-order chi connectivity index (χ1) is 7.27. The molecule has 0 radical (unpaired) electrons. The van der Waals surface area contributed by atoms with Gasteiger partial charge in [-0.15, -0.1) is 0 Å². The first-order valence-electron chi connectivity index (χ1n) is 4.12. The van der Waals surface area contributed by atoms with Gasteiger partial charge < -0.3 is 10.8 Å². The summed E-state index contributed by atoms with van der Waals surface area (Å²) in [5.74, 6) is -2.81. The third-order valence-electron chi connectivity index (χ3n) is 1.76. The Balaban J connectivity index is 4.71. The molecule has 0 rings (SSSR count). The summed E-state index contributed by atoms with van der Waals surface area (Å²) >= 11 is 0. The van der Waals surface area contributed by atoms with Gasteiger partial charge in [-0.05, 0) is 6.42 Å². The number of carbonyl (C=O) groups excluding carboxylic acids is 1. The van der Waals surface area contributed by atoms with Crippen molar-refractivity contribution >= 4 is 11.9 Å². The normalized spacial score (nSPS) is 13.4. The minimum absolute atomic E-state index is 0.563. The highest BCUT2D eigenvalue weighted by Crippen LogP contribution is 2.19. The van der Waals surface area contributed by atoms with Gasteiger partial charge in [-0.25, -0.2) is 0 Å². The van der Waals surface area contributed by atoms with Crippen molar-refractivity contribution in [2.24, 2.45) is 5.73 Å². The summed E-state index contributed by atoms with van der Waals surface area (Å²) in [5.41, 5.74) is 4.67. The fourth-order valence-electron chi connectivity index (χ4n) is 1.04. The van der Waals surface area contributed by atoms with Crippen molar-refractivity contribution in [3.8, 4) is 0 Å². The Morgan fingerprint density at radius 1 is 1.19 bits per heavy atom. The number of rotatable bonds is 7. The van der Waals surface area contributed by atoms with E-state index in [0.29, 0.717) is 0 Å². The number of primary amides is 1. The minimum Gasteiger partial charge on any atom is -0.480 e. The summed E-state index contributed by atoms with van der Waals surface area (Å²) in [6.45, 7) is -7.26. The number of hydrogen-bond donors (Lipinski definition) is 2. The zero-order valence-electron chi connectivity index (χ0n) is 7.95. The van der Waals surface area contributed by atoms with Crippen LogP contribution in [-0.2, 0) is 9.59 Å². The first kappa shape index (κ1) is 14.6. The zero-order chi connectivity index (χ0) is 12.9. The molecule has 0 aliphatic heterocycles. The van der Waals surface area contributed by atoms with Crippen molar-refractivity contribution in [1.29, 1.82) is 0 Å². The van der Waals surface area contributed by atoms with Crippen LogP contribution in [0.1, 0.15) is 12.8 Å². The predicted molar refractivity (Wildman–Crippen MR) is 43.7 cm³/mol. The summed E-state index contributed by atoms with van der Waals surface area (Å²) in [4.78, 5) is 20.0. The molecule has 0 fully saturated rings. The van der Waals surface area contributed by atoms with Gasteiger partial charge in [0.05, 0.1) is 0 Å². The van der Waals surface area contributed by atoms with Crippen molar-refractivity contribution in [1.82, 2.24) is 4.90 Å². The van der Waals surface area contributed by atoms with E-state index in [1.165, 1.54) is 0 Å². The van der Waals surface area contributed by atoms with Gasteiger partial charge in [-0.2, -0.15) is 22.5 Å². The maximum atomic E-state index is 12.2. The van der Waals surface area contributed by atoms with Gasteiger partial charge in [0.15, 0.2) is 0 Å². The molecule has 0 spiro atoms. The molecule has 1 amide bonds. The van der Waals surface area contributed by atoms with Gasteiger partial charge in [-0.3, -0.25) is 9.59 Å². The molecule has 0 aromatic rings. The van der Waals surface area contributed by atoms with Crippen LogP contribution in [-0.4, -0.2) is 41.0 Å². The second-order valence-corrected chi connectivity index (χ2v) is 2.86. The van der Waals surface area contributed by atoms with E-state index in [2.05, 4.69) is 5.73 Å². The lowest BCUT2D eigenvalue weighted by molar-refractivity contribution is -0.183. The molecule has 9 heteroatoms. The Morgan fingerprint density at radius 3 is 1.88 bits per heavy atom. The Labute approximate surface area is 87.8 Å². The van der Waals surface area contributed by atoms with Gasteiger partial charge in [-0.1, -0.05) is 0 Å². The lowest BCUT2D eigenvalue weighted by atomic mass is 10.1. The van der Waals surface area contributed by atoms with E-state index >= 15 is 0 Å². The van der Waals surface area contributed by atoms with E-state index < -0.39 is 48.8 Å². The Bertz CT molecular complexity index is 254. The van der Waals surface area contributed by atoms with Crippen LogP contribution in [0.25, 0.3) is 0 Å². The van der Waals surface area contributed by atoms with E-state index in [1.807, 2.05) is 0 Å². The highest BCUT2D eigenvalue weighted by atomic mass is 19.3. The number of alkyl halides is 4. The summed E-state index contributed by atoms with van der Waals surface area (Å²) in [6.07, 6.45) is -1.26. The average molecular weight is 246 g/mol. The molecule has 0 aliphatic carbocycles. The highest BCUT2D eigenvalue weighted by molar-refractivity contribution is 5.77. The smallest absolute Gasteiger partial charge is 0.321 e. The Hall–Kier alpha value is -1.38. The van der Waals surface area contributed by atoms with Crippen molar-refractivity contribution in [2.75, 3.05) is 0 Å². The lowest BCUT2D eigenvalue weighted by Crippen LogP contribution is -2.47. The number of amides is 1. The largest absolute Gasteiger partial charge is 0.480 e. The molecule has 0 aliphatic rings. The van der Waals surface area contributed by atoms with E-state index in [9.17, 15) is 27.2 Å². The molecule has 0 bridgehead atoms. The Kier molecular flexibility index (Phi) is 5.72. The van der Waals surface area contributed by atoms with E-state index in [1.54, 1.807) is 0 Å². The van der Waals surface area contributed by atoms with Crippen molar-refractivity contribution in [3.63, 3.8) is 0 Å². The second kappa shape index (κ2) is 6.26. The SMILES string of the molecule is NC(=O)CC[C@@H](C(=O)O)N(C(F)F)C(F)F. The summed E-state index contributed by atoms with van der Waals surface area (Å²) < 4.78 is 48.6. The van der Waals surface area contributed by atoms with Crippen LogP contribution in [0.15, 0.2) is 0 Å². The van der Waals surface area contributed by atoms with Gasteiger partial charge in [0.1, 0.15) is 6.04 Å². The van der Waals surface area contributed by atoms with Gasteiger partial charge in [0, 0.05) is 6.42 Å². The summed E-state index contributed by atoms with van der Waals surface area (Å²) in [7, 11) is 0. The molecule has 0 unspecified atom stereocenters. The van der Waals surface area contributed by atoms with E-state index in [0.717, 1.165) is 0 Å².